The van der Waals surface area contributed by atoms with Crippen LogP contribution in [-0.2, 0) is 11.4 Å². The number of aromatic hydroxyl groups is 1. The lowest BCUT2D eigenvalue weighted by Crippen LogP contribution is -2.13. The molecule has 0 aliphatic carbocycles. The zero-order chi connectivity index (χ0) is 23.8. The zero-order valence-corrected chi connectivity index (χ0v) is 19.2. The van der Waals surface area contributed by atoms with E-state index >= 15 is 0 Å². The van der Waals surface area contributed by atoms with E-state index in [9.17, 15) is 15.2 Å². The summed E-state index contributed by atoms with van der Waals surface area (Å²) in [7, 11) is 0. The second-order valence-corrected chi connectivity index (χ2v) is 7.66. The number of phenolic OH excluding ortho intramolecular Hbond substituents is 1. The minimum atomic E-state index is -0.568. The number of nitrogens with zero attached hydrogens (tertiary/aromatic N) is 1. The van der Waals surface area contributed by atoms with E-state index in [0.29, 0.717) is 39.4 Å². The number of nitriles is 1. The monoisotopic (exact) mass is 482 g/mol. The van der Waals surface area contributed by atoms with Crippen molar-refractivity contribution < 1.29 is 19.4 Å². The molecule has 0 unspecified atom stereocenters. The van der Waals surface area contributed by atoms with Gasteiger partial charge in [-0.3, -0.25) is 4.79 Å². The van der Waals surface area contributed by atoms with Gasteiger partial charge in [-0.15, -0.1) is 0 Å². The summed E-state index contributed by atoms with van der Waals surface area (Å²) in [5, 5.41) is 22.3. The molecule has 168 valence electrons. The van der Waals surface area contributed by atoms with Crippen molar-refractivity contribution >= 4 is 40.9 Å². The van der Waals surface area contributed by atoms with Crippen LogP contribution in [0.3, 0.4) is 0 Å². The molecular formula is C25H20Cl2N2O4. The SMILES string of the molecule is CCOc1cc(/C=C(\C#N)C(=O)Nc2ccc(O)cc2)ccc1OCc1ccc(Cl)c(Cl)c1. The van der Waals surface area contributed by atoms with E-state index in [2.05, 4.69) is 5.32 Å². The molecular weight excluding hydrogens is 463 g/mol. The Bertz CT molecular complexity index is 1220. The summed E-state index contributed by atoms with van der Waals surface area (Å²) in [5.74, 6) is 0.490. The van der Waals surface area contributed by atoms with Gasteiger partial charge in [0.2, 0.25) is 0 Å². The Labute approximate surface area is 201 Å². The standard InChI is InChI=1S/C25H20Cl2N2O4/c1-2-32-24-13-16(4-10-23(24)33-15-17-3-9-21(26)22(27)12-17)11-18(14-28)25(31)29-19-5-7-20(30)8-6-19/h3-13,30H,2,15H2,1H3,(H,29,31)/b18-11+. The van der Waals surface area contributed by atoms with Gasteiger partial charge in [-0.2, -0.15) is 5.26 Å². The number of anilines is 1. The number of nitrogens with one attached hydrogen (secondary N) is 1. The smallest absolute Gasteiger partial charge is 0.266 e. The number of phenols is 1. The third kappa shape index (κ3) is 6.66. The molecule has 0 aliphatic rings. The van der Waals surface area contributed by atoms with E-state index in [1.165, 1.54) is 30.3 Å². The molecule has 33 heavy (non-hydrogen) atoms. The van der Waals surface area contributed by atoms with Crippen LogP contribution in [0.25, 0.3) is 6.08 Å². The van der Waals surface area contributed by atoms with E-state index in [4.69, 9.17) is 32.7 Å². The topological polar surface area (TPSA) is 91.6 Å². The van der Waals surface area contributed by atoms with Crippen LogP contribution >= 0.6 is 23.2 Å². The summed E-state index contributed by atoms with van der Waals surface area (Å²) in [6.45, 7) is 2.50. The minimum Gasteiger partial charge on any atom is -0.508 e. The maximum atomic E-state index is 12.5. The fraction of sp³-hybridized carbons (Fsp3) is 0.120. The van der Waals surface area contributed by atoms with Crippen molar-refractivity contribution in [3.05, 3.63) is 87.4 Å². The Morgan fingerprint density at radius 3 is 2.45 bits per heavy atom. The van der Waals surface area contributed by atoms with Crippen LogP contribution in [0.4, 0.5) is 5.69 Å². The summed E-state index contributed by atoms with van der Waals surface area (Å²) >= 11 is 12.0. The number of amides is 1. The number of benzene rings is 3. The van der Waals surface area contributed by atoms with Gasteiger partial charge in [-0.05, 0) is 72.7 Å². The number of halogens is 2. The largest absolute Gasteiger partial charge is 0.508 e. The maximum Gasteiger partial charge on any atom is 0.266 e. The summed E-state index contributed by atoms with van der Waals surface area (Å²) < 4.78 is 11.6. The zero-order valence-electron chi connectivity index (χ0n) is 17.6. The van der Waals surface area contributed by atoms with E-state index in [-0.39, 0.29) is 17.9 Å². The number of carbonyl (C=O) groups is 1. The van der Waals surface area contributed by atoms with Crippen molar-refractivity contribution in [1.29, 1.82) is 5.26 Å². The minimum absolute atomic E-state index is 0.0777. The fourth-order valence-corrected chi connectivity index (χ4v) is 3.17. The van der Waals surface area contributed by atoms with Crippen LogP contribution in [0, 0.1) is 11.3 Å². The fourth-order valence-electron chi connectivity index (χ4n) is 2.85. The Morgan fingerprint density at radius 2 is 1.79 bits per heavy atom. The molecule has 0 aliphatic heterocycles. The number of hydrogen-bond donors (Lipinski definition) is 2. The molecule has 1 amide bonds. The highest BCUT2D eigenvalue weighted by Crippen LogP contribution is 2.31. The van der Waals surface area contributed by atoms with Crippen molar-refractivity contribution in [3.63, 3.8) is 0 Å². The van der Waals surface area contributed by atoms with E-state index in [1.807, 2.05) is 19.1 Å². The highest BCUT2D eigenvalue weighted by molar-refractivity contribution is 6.42. The molecule has 0 fully saturated rings. The third-order valence-corrected chi connectivity index (χ3v) is 5.19. The molecule has 0 heterocycles. The maximum absolute atomic E-state index is 12.5. The van der Waals surface area contributed by atoms with Gasteiger partial charge in [-0.1, -0.05) is 35.3 Å². The first-order valence-corrected chi connectivity index (χ1v) is 10.7. The Hall–Kier alpha value is -3.66. The van der Waals surface area contributed by atoms with Crippen molar-refractivity contribution in [3.8, 4) is 23.3 Å². The summed E-state index contributed by atoms with van der Waals surface area (Å²) in [5.41, 5.74) is 1.81. The Balaban J connectivity index is 1.77. The quantitative estimate of drug-likeness (QED) is 0.225. The highest BCUT2D eigenvalue weighted by atomic mass is 35.5. The Morgan fingerprint density at radius 1 is 1.03 bits per heavy atom. The molecule has 0 aromatic heterocycles. The molecule has 3 rings (SSSR count). The number of rotatable bonds is 8. The molecule has 0 atom stereocenters. The van der Waals surface area contributed by atoms with E-state index < -0.39 is 5.91 Å². The lowest BCUT2D eigenvalue weighted by atomic mass is 10.1. The van der Waals surface area contributed by atoms with Gasteiger partial charge >= 0.3 is 0 Å². The molecule has 2 N–H and O–H groups in total. The first kappa shape index (κ1) is 24.0. The van der Waals surface area contributed by atoms with Crippen LogP contribution in [-0.4, -0.2) is 17.6 Å². The summed E-state index contributed by atoms with van der Waals surface area (Å²) in [6, 6.07) is 18.2. The first-order valence-electron chi connectivity index (χ1n) is 9.95. The van der Waals surface area contributed by atoms with Crippen molar-refractivity contribution in [2.45, 2.75) is 13.5 Å². The molecule has 8 heteroatoms. The molecule has 3 aromatic carbocycles. The van der Waals surface area contributed by atoms with Crippen LogP contribution in [0.15, 0.2) is 66.2 Å². The average Bonchev–Trinajstić information content (AvgIpc) is 2.80. The molecule has 6 nitrogen and oxygen atoms in total. The van der Waals surface area contributed by atoms with Gasteiger partial charge in [0.1, 0.15) is 24.0 Å². The molecule has 0 saturated heterocycles. The lowest BCUT2D eigenvalue weighted by Gasteiger charge is -2.13. The lowest BCUT2D eigenvalue weighted by molar-refractivity contribution is -0.112. The van der Waals surface area contributed by atoms with E-state index in [0.717, 1.165) is 5.56 Å². The predicted octanol–water partition coefficient (Wildman–Crippen LogP) is 6.22. The second-order valence-electron chi connectivity index (χ2n) is 6.85. The number of ether oxygens (including phenoxy) is 2. The molecule has 0 spiro atoms. The number of carbonyl (C=O) groups excluding carboxylic acids is 1. The molecule has 3 aromatic rings. The third-order valence-electron chi connectivity index (χ3n) is 4.45. The van der Waals surface area contributed by atoms with Gasteiger partial charge in [0, 0.05) is 5.69 Å². The van der Waals surface area contributed by atoms with Crippen LogP contribution in [0.2, 0.25) is 10.0 Å². The van der Waals surface area contributed by atoms with Crippen LogP contribution < -0.4 is 14.8 Å². The summed E-state index contributed by atoms with van der Waals surface area (Å²) in [4.78, 5) is 12.5. The van der Waals surface area contributed by atoms with Crippen LogP contribution in [0.1, 0.15) is 18.1 Å². The van der Waals surface area contributed by atoms with Crippen LogP contribution in [0.5, 0.6) is 17.2 Å². The summed E-state index contributed by atoms with van der Waals surface area (Å²) in [6.07, 6.45) is 1.46. The van der Waals surface area contributed by atoms with Gasteiger partial charge in [-0.25, -0.2) is 0 Å². The van der Waals surface area contributed by atoms with Gasteiger partial charge < -0.3 is 19.9 Å². The molecule has 0 bridgehead atoms. The Kier molecular flexibility index (Phi) is 8.20. The molecule has 0 saturated carbocycles. The predicted molar refractivity (Wildman–Crippen MR) is 129 cm³/mol. The van der Waals surface area contributed by atoms with Gasteiger partial charge in [0.15, 0.2) is 11.5 Å². The van der Waals surface area contributed by atoms with Gasteiger partial charge in [0.05, 0.1) is 16.7 Å². The van der Waals surface area contributed by atoms with Crippen molar-refractivity contribution in [2.75, 3.05) is 11.9 Å². The molecule has 0 radical (unpaired) electrons. The van der Waals surface area contributed by atoms with E-state index in [1.54, 1.807) is 30.3 Å². The van der Waals surface area contributed by atoms with Crippen molar-refractivity contribution in [2.24, 2.45) is 0 Å². The van der Waals surface area contributed by atoms with Crippen molar-refractivity contribution in [1.82, 2.24) is 0 Å². The second kappa shape index (κ2) is 11.3. The number of hydrogen-bond acceptors (Lipinski definition) is 5. The normalized spacial score (nSPS) is 10.9. The van der Waals surface area contributed by atoms with Gasteiger partial charge in [0.25, 0.3) is 5.91 Å². The first-order chi connectivity index (χ1) is 15.9. The highest BCUT2D eigenvalue weighted by Gasteiger charge is 2.12. The average molecular weight is 483 g/mol.